The van der Waals surface area contributed by atoms with Crippen molar-refractivity contribution in [3.8, 4) is 0 Å². The maximum atomic E-state index is 13.3. The van der Waals surface area contributed by atoms with Gasteiger partial charge in [0.1, 0.15) is 24.8 Å². The minimum atomic E-state index is -0.620. The first-order valence-electron chi connectivity index (χ1n) is 7.77. The highest BCUT2D eigenvalue weighted by Crippen LogP contribution is 2.03. The second-order valence-electron chi connectivity index (χ2n) is 5.12. The molecule has 0 saturated carbocycles. The van der Waals surface area contributed by atoms with E-state index in [1.165, 1.54) is 36.4 Å². The molecule has 0 spiro atoms. The predicted octanol–water partition coefficient (Wildman–Crippen LogP) is 1.58. The molecule has 0 heterocycles. The van der Waals surface area contributed by atoms with E-state index in [9.17, 15) is 18.4 Å². The van der Waals surface area contributed by atoms with Crippen LogP contribution in [0.1, 0.15) is 11.1 Å². The number of hydrogen-bond acceptors (Lipinski definition) is 5. The normalized spacial score (nSPS) is 11.0. The van der Waals surface area contributed by atoms with E-state index < -0.39 is 36.7 Å². The van der Waals surface area contributed by atoms with Crippen LogP contribution in [0.15, 0.2) is 58.7 Å². The van der Waals surface area contributed by atoms with E-state index >= 15 is 0 Å². The zero-order chi connectivity index (χ0) is 19.5. The Morgan fingerprint density at radius 3 is 1.63 bits per heavy atom. The van der Waals surface area contributed by atoms with Crippen molar-refractivity contribution in [2.45, 2.75) is 0 Å². The summed E-state index contributed by atoms with van der Waals surface area (Å²) in [6.45, 7) is -0.863. The summed E-state index contributed by atoms with van der Waals surface area (Å²) >= 11 is 0. The third-order valence-electron chi connectivity index (χ3n) is 3.06. The van der Waals surface area contributed by atoms with E-state index in [1.54, 1.807) is 12.1 Å². The smallest absolute Gasteiger partial charge is 0.266 e. The number of benzene rings is 2. The minimum Gasteiger partial charge on any atom is -0.362 e. The molecular formula is C18H16F2N4O3. The monoisotopic (exact) mass is 374 g/mol. The SMILES string of the molecule is O=C(COCC(=O)N/N=C\c1ccccc1F)N/N=C\c1ccccc1F. The first-order chi connectivity index (χ1) is 13.1. The summed E-state index contributed by atoms with van der Waals surface area (Å²) in [6, 6.07) is 11.8. The zero-order valence-electron chi connectivity index (χ0n) is 14.1. The lowest BCUT2D eigenvalue weighted by Gasteiger charge is -2.02. The summed E-state index contributed by atoms with van der Waals surface area (Å²) in [5.41, 5.74) is 4.71. The minimum absolute atomic E-state index is 0.214. The van der Waals surface area contributed by atoms with Crippen molar-refractivity contribution < 1.29 is 23.1 Å². The Balaban J connectivity index is 1.65. The highest BCUT2D eigenvalue weighted by Gasteiger charge is 2.04. The predicted molar refractivity (Wildman–Crippen MR) is 95.1 cm³/mol. The third kappa shape index (κ3) is 7.12. The van der Waals surface area contributed by atoms with Crippen LogP contribution in [-0.4, -0.2) is 37.5 Å². The number of ether oxygens (including phenoxy) is 1. The van der Waals surface area contributed by atoms with Gasteiger partial charge >= 0.3 is 0 Å². The Labute approximate surface area is 153 Å². The zero-order valence-corrected chi connectivity index (χ0v) is 14.1. The van der Waals surface area contributed by atoms with Gasteiger partial charge in [0, 0.05) is 11.1 Å². The van der Waals surface area contributed by atoms with Crippen molar-refractivity contribution in [2.75, 3.05) is 13.2 Å². The maximum Gasteiger partial charge on any atom is 0.266 e. The molecule has 0 aromatic heterocycles. The molecule has 0 unspecified atom stereocenters. The van der Waals surface area contributed by atoms with Crippen LogP contribution in [0.5, 0.6) is 0 Å². The lowest BCUT2D eigenvalue weighted by Crippen LogP contribution is -2.28. The first-order valence-corrected chi connectivity index (χ1v) is 7.77. The number of carbonyl (C=O) groups is 2. The van der Waals surface area contributed by atoms with Crippen LogP contribution >= 0.6 is 0 Å². The molecule has 0 aliphatic rings. The molecule has 0 aliphatic carbocycles. The molecule has 2 rings (SSSR count). The highest BCUT2D eigenvalue weighted by molar-refractivity contribution is 5.84. The van der Waals surface area contributed by atoms with Gasteiger partial charge in [0.15, 0.2) is 0 Å². The maximum absolute atomic E-state index is 13.3. The molecule has 2 aromatic carbocycles. The van der Waals surface area contributed by atoms with Crippen LogP contribution in [0, 0.1) is 11.6 Å². The average Bonchev–Trinajstić information content (AvgIpc) is 2.65. The van der Waals surface area contributed by atoms with Crippen molar-refractivity contribution >= 4 is 24.2 Å². The highest BCUT2D eigenvalue weighted by atomic mass is 19.1. The fourth-order valence-electron chi connectivity index (χ4n) is 1.81. The Hall–Kier alpha value is -3.46. The molecule has 140 valence electrons. The largest absolute Gasteiger partial charge is 0.362 e. The van der Waals surface area contributed by atoms with Gasteiger partial charge in [-0.15, -0.1) is 0 Å². The number of hydrogen-bond donors (Lipinski definition) is 2. The molecular weight excluding hydrogens is 358 g/mol. The van der Waals surface area contributed by atoms with Gasteiger partial charge in [-0.25, -0.2) is 19.6 Å². The fourth-order valence-corrected chi connectivity index (χ4v) is 1.81. The molecule has 2 aromatic rings. The van der Waals surface area contributed by atoms with Gasteiger partial charge in [-0.05, 0) is 12.1 Å². The Bertz CT molecular complexity index is 787. The van der Waals surface area contributed by atoms with E-state index in [2.05, 4.69) is 21.1 Å². The molecule has 2 amide bonds. The van der Waals surface area contributed by atoms with Crippen molar-refractivity contribution in [1.82, 2.24) is 10.9 Å². The molecule has 0 aliphatic heterocycles. The number of carbonyl (C=O) groups excluding carboxylic acids is 2. The summed E-state index contributed by atoms with van der Waals surface area (Å²) < 4.78 is 31.6. The van der Waals surface area contributed by atoms with E-state index in [1.807, 2.05) is 0 Å². The van der Waals surface area contributed by atoms with Crippen LogP contribution in [-0.2, 0) is 14.3 Å². The molecule has 9 heteroatoms. The molecule has 0 atom stereocenters. The molecule has 2 N–H and O–H groups in total. The van der Waals surface area contributed by atoms with Crippen molar-refractivity contribution in [3.05, 3.63) is 71.3 Å². The second-order valence-corrected chi connectivity index (χ2v) is 5.12. The van der Waals surface area contributed by atoms with E-state index in [0.29, 0.717) is 0 Å². The lowest BCUT2D eigenvalue weighted by molar-refractivity contribution is -0.130. The second kappa shape index (κ2) is 10.5. The number of rotatable bonds is 8. The van der Waals surface area contributed by atoms with Crippen LogP contribution in [0.3, 0.4) is 0 Å². The summed E-state index contributed by atoms with van der Waals surface area (Å²) in [4.78, 5) is 23.0. The molecule has 7 nitrogen and oxygen atoms in total. The molecule has 0 saturated heterocycles. The van der Waals surface area contributed by atoms with Crippen LogP contribution in [0.2, 0.25) is 0 Å². The van der Waals surface area contributed by atoms with Gasteiger partial charge in [0.05, 0.1) is 12.4 Å². The fraction of sp³-hybridized carbons (Fsp3) is 0.111. The Morgan fingerprint density at radius 2 is 1.22 bits per heavy atom. The Morgan fingerprint density at radius 1 is 0.815 bits per heavy atom. The van der Waals surface area contributed by atoms with Crippen LogP contribution in [0.4, 0.5) is 8.78 Å². The summed E-state index contributed by atoms with van der Waals surface area (Å²) in [5, 5.41) is 7.17. The lowest BCUT2D eigenvalue weighted by atomic mass is 10.2. The number of halogens is 2. The van der Waals surface area contributed by atoms with Crippen LogP contribution in [0.25, 0.3) is 0 Å². The molecule has 0 fully saturated rings. The topological polar surface area (TPSA) is 92.2 Å². The molecule has 0 bridgehead atoms. The van der Waals surface area contributed by atoms with Gasteiger partial charge < -0.3 is 4.74 Å². The summed E-state index contributed by atoms with van der Waals surface area (Å²) in [7, 11) is 0. The quantitative estimate of drug-likeness (QED) is 0.543. The van der Waals surface area contributed by atoms with E-state index in [-0.39, 0.29) is 11.1 Å². The number of hydrazone groups is 2. The van der Waals surface area contributed by atoms with Gasteiger partial charge in [-0.2, -0.15) is 10.2 Å². The average molecular weight is 374 g/mol. The van der Waals surface area contributed by atoms with Gasteiger partial charge in [-0.3, -0.25) is 9.59 Å². The van der Waals surface area contributed by atoms with Crippen molar-refractivity contribution in [3.63, 3.8) is 0 Å². The Kier molecular flexibility index (Phi) is 7.73. The van der Waals surface area contributed by atoms with Crippen LogP contribution < -0.4 is 10.9 Å². The first kappa shape index (κ1) is 19.9. The number of nitrogens with one attached hydrogen (secondary N) is 2. The molecule has 27 heavy (non-hydrogen) atoms. The van der Waals surface area contributed by atoms with Gasteiger partial charge in [-0.1, -0.05) is 36.4 Å². The summed E-state index contributed by atoms with van der Waals surface area (Å²) in [5.74, 6) is -2.19. The third-order valence-corrected chi connectivity index (χ3v) is 3.06. The van der Waals surface area contributed by atoms with Gasteiger partial charge in [0.2, 0.25) is 0 Å². The number of nitrogens with zero attached hydrogens (tertiary/aromatic N) is 2. The summed E-state index contributed by atoms with van der Waals surface area (Å²) in [6.07, 6.45) is 2.30. The van der Waals surface area contributed by atoms with Gasteiger partial charge in [0.25, 0.3) is 11.8 Å². The molecule has 0 radical (unpaired) electrons. The standard InChI is InChI=1S/C18H16F2N4O3/c19-15-7-3-1-5-13(15)9-21-23-17(25)11-27-12-18(26)24-22-10-14-6-2-4-8-16(14)20/h1-10H,11-12H2,(H,23,25)(H,24,26)/b21-9-,22-10-. The van der Waals surface area contributed by atoms with Crippen molar-refractivity contribution in [2.24, 2.45) is 10.2 Å². The number of amides is 2. The van der Waals surface area contributed by atoms with E-state index in [0.717, 1.165) is 12.4 Å². The van der Waals surface area contributed by atoms with Crippen molar-refractivity contribution in [1.29, 1.82) is 0 Å². The van der Waals surface area contributed by atoms with E-state index in [4.69, 9.17) is 4.74 Å².